The predicted octanol–water partition coefficient (Wildman–Crippen LogP) is 1.64. The van der Waals surface area contributed by atoms with E-state index in [9.17, 15) is 13.2 Å². The standard InChI is InChI=1S/C11H18N2O4S2/c1-11(2,3)5-6-13-19(15,16)10-8(9(14)17-4)12-7-18-10/h7,13H,5-6H2,1-4H3. The van der Waals surface area contributed by atoms with Crippen LogP contribution < -0.4 is 4.72 Å². The fourth-order valence-electron chi connectivity index (χ4n) is 1.28. The van der Waals surface area contributed by atoms with Gasteiger partial charge in [-0.05, 0) is 11.8 Å². The summed E-state index contributed by atoms with van der Waals surface area (Å²) in [5, 5.41) is 0. The third-order valence-electron chi connectivity index (χ3n) is 2.32. The summed E-state index contributed by atoms with van der Waals surface area (Å²) in [5.41, 5.74) is 1.17. The highest BCUT2D eigenvalue weighted by molar-refractivity contribution is 7.91. The second-order valence-electron chi connectivity index (χ2n) is 5.19. The number of esters is 1. The predicted molar refractivity (Wildman–Crippen MR) is 72.7 cm³/mol. The molecule has 6 nitrogen and oxygen atoms in total. The summed E-state index contributed by atoms with van der Waals surface area (Å²) in [6.07, 6.45) is 0.693. The van der Waals surface area contributed by atoms with Crippen LogP contribution in [0.3, 0.4) is 0 Å². The number of carbonyl (C=O) groups is 1. The van der Waals surface area contributed by atoms with Crippen LogP contribution >= 0.6 is 11.3 Å². The van der Waals surface area contributed by atoms with Crippen molar-refractivity contribution in [3.05, 3.63) is 11.2 Å². The lowest BCUT2D eigenvalue weighted by Gasteiger charge is -2.17. The van der Waals surface area contributed by atoms with E-state index in [1.807, 2.05) is 20.8 Å². The van der Waals surface area contributed by atoms with E-state index in [4.69, 9.17) is 0 Å². The van der Waals surface area contributed by atoms with E-state index in [0.29, 0.717) is 13.0 Å². The lowest BCUT2D eigenvalue weighted by atomic mass is 9.93. The molecule has 0 radical (unpaired) electrons. The molecule has 1 aromatic heterocycles. The van der Waals surface area contributed by atoms with Crippen molar-refractivity contribution in [2.75, 3.05) is 13.7 Å². The summed E-state index contributed by atoms with van der Waals surface area (Å²) in [5.74, 6) is -0.752. The molecule has 108 valence electrons. The van der Waals surface area contributed by atoms with Gasteiger partial charge in [0, 0.05) is 6.54 Å². The van der Waals surface area contributed by atoms with E-state index < -0.39 is 16.0 Å². The summed E-state index contributed by atoms with van der Waals surface area (Å²) in [6, 6.07) is 0. The van der Waals surface area contributed by atoms with E-state index >= 15 is 0 Å². The highest BCUT2D eigenvalue weighted by Crippen LogP contribution is 2.22. The van der Waals surface area contributed by atoms with Gasteiger partial charge in [0.15, 0.2) is 9.90 Å². The molecule has 0 aliphatic rings. The van der Waals surface area contributed by atoms with Crippen LogP contribution in [0.5, 0.6) is 0 Å². The molecule has 1 N–H and O–H groups in total. The Morgan fingerprint density at radius 2 is 2.11 bits per heavy atom. The number of hydrogen-bond acceptors (Lipinski definition) is 6. The Morgan fingerprint density at radius 1 is 1.47 bits per heavy atom. The number of thiazole rings is 1. The molecule has 1 aromatic rings. The van der Waals surface area contributed by atoms with Crippen LogP contribution in [-0.4, -0.2) is 33.0 Å². The van der Waals surface area contributed by atoms with Crippen molar-refractivity contribution in [2.24, 2.45) is 5.41 Å². The van der Waals surface area contributed by atoms with Crippen LogP contribution in [0.4, 0.5) is 0 Å². The molecule has 8 heteroatoms. The molecular weight excluding hydrogens is 288 g/mol. The Hall–Kier alpha value is -0.990. The Morgan fingerprint density at radius 3 is 2.63 bits per heavy atom. The average Bonchev–Trinajstić information content (AvgIpc) is 2.75. The zero-order valence-electron chi connectivity index (χ0n) is 11.4. The summed E-state index contributed by atoms with van der Waals surface area (Å²) < 4.78 is 31.0. The Bertz CT molecular complexity index is 543. The van der Waals surface area contributed by atoms with E-state index in [1.54, 1.807) is 0 Å². The number of methoxy groups -OCH3 is 1. The number of aromatic nitrogens is 1. The van der Waals surface area contributed by atoms with E-state index in [-0.39, 0.29) is 15.3 Å². The second kappa shape index (κ2) is 5.98. The maximum absolute atomic E-state index is 12.1. The third-order valence-corrected chi connectivity index (χ3v) is 5.16. The molecule has 1 rings (SSSR count). The third kappa shape index (κ3) is 4.55. The van der Waals surface area contributed by atoms with Crippen LogP contribution in [0.15, 0.2) is 9.72 Å². The minimum atomic E-state index is -3.72. The SMILES string of the molecule is COC(=O)c1ncsc1S(=O)(=O)NCCC(C)(C)C. The number of ether oxygens (including phenoxy) is 1. The molecule has 0 amide bonds. The summed E-state index contributed by atoms with van der Waals surface area (Å²) in [7, 11) is -2.53. The van der Waals surface area contributed by atoms with Crippen molar-refractivity contribution >= 4 is 27.3 Å². The van der Waals surface area contributed by atoms with Crippen LogP contribution in [0.1, 0.15) is 37.7 Å². The van der Waals surface area contributed by atoms with Gasteiger partial charge in [-0.25, -0.2) is 22.9 Å². The average molecular weight is 306 g/mol. The number of hydrogen-bond donors (Lipinski definition) is 1. The second-order valence-corrected chi connectivity index (χ2v) is 8.01. The normalized spacial score (nSPS) is 12.4. The van der Waals surface area contributed by atoms with Crippen LogP contribution in [-0.2, 0) is 14.8 Å². The summed E-state index contributed by atoms with van der Waals surface area (Å²) in [6.45, 7) is 6.37. The van der Waals surface area contributed by atoms with E-state index in [1.165, 1.54) is 12.6 Å². The van der Waals surface area contributed by atoms with Gasteiger partial charge in [-0.2, -0.15) is 0 Å². The minimum Gasteiger partial charge on any atom is -0.464 e. The first-order valence-corrected chi connectivity index (χ1v) is 8.05. The van der Waals surface area contributed by atoms with Crippen molar-refractivity contribution < 1.29 is 17.9 Å². The molecular formula is C11H18N2O4S2. The van der Waals surface area contributed by atoms with Gasteiger partial charge < -0.3 is 4.74 Å². The van der Waals surface area contributed by atoms with Gasteiger partial charge >= 0.3 is 5.97 Å². The lowest BCUT2D eigenvalue weighted by molar-refractivity contribution is 0.0590. The van der Waals surface area contributed by atoms with Gasteiger partial charge in [-0.3, -0.25) is 0 Å². The van der Waals surface area contributed by atoms with E-state index in [0.717, 1.165) is 11.3 Å². The molecule has 0 spiro atoms. The highest BCUT2D eigenvalue weighted by atomic mass is 32.2. The summed E-state index contributed by atoms with van der Waals surface area (Å²) in [4.78, 5) is 15.1. The largest absolute Gasteiger partial charge is 0.464 e. The molecule has 0 aliphatic heterocycles. The van der Waals surface area contributed by atoms with Crippen molar-refractivity contribution in [1.29, 1.82) is 0 Å². The van der Waals surface area contributed by atoms with Gasteiger partial charge in [-0.1, -0.05) is 20.8 Å². The van der Waals surface area contributed by atoms with Crippen LogP contribution in [0.25, 0.3) is 0 Å². The monoisotopic (exact) mass is 306 g/mol. The smallest absolute Gasteiger partial charge is 0.358 e. The number of nitrogens with zero attached hydrogens (tertiary/aromatic N) is 1. The molecule has 0 bridgehead atoms. The number of rotatable bonds is 5. The van der Waals surface area contributed by atoms with Gasteiger partial charge in [0.1, 0.15) is 0 Å². The molecule has 0 saturated carbocycles. The number of carbonyl (C=O) groups excluding carboxylic acids is 1. The van der Waals surface area contributed by atoms with Gasteiger partial charge in [0.05, 0.1) is 12.6 Å². The molecule has 0 aromatic carbocycles. The topological polar surface area (TPSA) is 85.4 Å². The molecule has 1 heterocycles. The van der Waals surface area contributed by atoms with E-state index in [2.05, 4.69) is 14.4 Å². The first-order valence-electron chi connectivity index (χ1n) is 5.69. The molecule has 0 unspecified atom stereocenters. The van der Waals surface area contributed by atoms with Crippen molar-refractivity contribution in [1.82, 2.24) is 9.71 Å². The molecule has 19 heavy (non-hydrogen) atoms. The van der Waals surface area contributed by atoms with Crippen LogP contribution in [0.2, 0.25) is 0 Å². The number of sulfonamides is 1. The lowest BCUT2D eigenvalue weighted by Crippen LogP contribution is -2.28. The fourth-order valence-corrected chi connectivity index (χ4v) is 3.49. The zero-order valence-corrected chi connectivity index (χ0v) is 13.0. The first kappa shape index (κ1) is 16.1. The number of nitrogens with one attached hydrogen (secondary N) is 1. The molecule has 0 atom stereocenters. The maximum atomic E-state index is 12.1. The zero-order chi connectivity index (χ0) is 14.7. The van der Waals surface area contributed by atoms with Crippen molar-refractivity contribution in [3.8, 4) is 0 Å². The maximum Gasteiger partial charge on any atom is 0.358 e. The van der Waals surface area contributed by atoms with Gasteiger partial charge in [0.2, 0.25) is 0 Å². The fraction of sp³-hybridized carbons (Fsp3) is 0.636. The molecule has 0 fully saturated rings. The Labute approximate surface area is 117 Å². The van der Waals surface area contributed by atoms with Crippen molar-refractivity contribution in [2.45, 2.75) is 31.4 Å². The van der Waals surface area contributed by atoms with Crippen molar-refractivity contribution in [3.63, 3.8) is 0 Å². The van der Waals surface area contributed by atoms with Gasteiger partial charge in [-0.15, -0.1) is 11.3 Å². The first-order chi connectivity index (χ1) is 8.67. The Balaban J connectivity index is 2.84. The molecule has 0 saturated heterocycles. The highest BCUT2D eigenvalue weighted by Gasteiger charge is 2.26. The summed E-state index contributed by atoms with van der Waals surface area (Å²) >= 11 is 0.896. The van der Waals surface area contributed by atoms with Gasteiger partial charge in [0.25, 0.3) is 10.0 Å². The Kier molecular flexibility index (Phi) is 5.05. The quantitative estimate of drug-likeness (QED) is 0.836. The molecule has 0 aliphatic carbocycles. The minimum absolute atomic E-state index is 0.0292. The van der Waals surface area contributed by atoms with Crippen LogP contribution in [0, 0.1) is 5.41 Å².